The second kappa shape index (κ2) is 2.17. The van der Waals surface area contributed by atoms with Crippen LogP contribution < -0.4 is 5.73 Å². The van der Waals surface area contributed by atoms with Gasteiger partial charge in [0, 0.05) is 6.92 Å². The van der Waals surface area contributed by atoms with E-state index >= 15 is 0 Å². The fourth-order valence-corrected chi connectivity index (χ4v) is 1.16. The summed E-state index contributed by atoms with van der Waals surface area (Å²) in [6.07, 6.45) is 0.188. The van der Waals surface area contributed by atoms with Crippen LogP contribution in [0.2, 0.25) is 0 Å². The zero-order valence-corrected chi connectivity index (χ0v) is 6.50. The van der Waals surface area contributed by atoms with Crippen LogP contribution in [0.4, 0.5) is 0 Å². The van der Waals surface area contributed by atoms with Crippen molar-refractivity contribution in [2.24, 2.45) is 10.7 Å². The Kier molecular flexibility index (Phi) is 1.27. The monoisotopic (exact) mass is 165 g/mol. The lowest BCUT2D eigenvalue weighted by molar-refractivity contribution is -0.117. The number of amidine groups is 1. The lowest BCUT2D eigenvalue weighted by atomic mass is 10.2. The first-order valence-corrected chi connectivity index (χ1v) is 3.50. The molecule has 1 aromatic heterocycles. The summed E-state index contributed by atoms with van der Waals surface area (Å²) in [6.45, 7) is 1.70. The van der Waals surface area contributed by atoms with Gasteiger partial charge < -0.3 is 10.2 Å². The third-order valence-corrected chi connectivity index (χ3v) is 1.60. The van der Waals surface area contributed by atoms with Crippen LogP contribution in [0.15, 0.2) is 9.41 Å². The van der Waals surface area contributed by atoms with Crippen LogP contribution in [0.5, 0.6) is 0 Å². The molecule has 0 saturated carbocycles. The molecule has 2 rings (SSSR count). The highest BCUT2D eigenvalue weighted by molar-refractivity contribution is 6.06. The molecule has 0 saturated heterocycles. The molecule has 0 spiro atoms. The lowest BCUT2D eigenvalue weighted by Crippen LogP contribution is -2.22. The molecule has 0 unspecified atom stereocenters. The first-order chi connectivity index (χ1) is 5.66. The van der Waals surface area contributed by atoms with Crippen molar-refractivity contribution in [2.45, 2.75) is 13.3 Å². The smallest absolute Gasteiger partial charge is 0.253 e. The summed E-state index contributed by atoms with van der Waals surface area (Å²) in [6, 6.07) is 0. The minimum atomic E-state index is -0.270. The number of carbonyl (C=O) groups is 1. The summed E-state index contributed by atoms with van der Waals surface area (Å²) in [4.78, 5) is 18.5. The molecule has 62 valence electrons. The van der Waals surface area contributed by atoms with E-state index in [1.165, 1.54) is 0 Å². The molecule has 0 aliphatic carbocycles. The number of nitrogens with zero attached hydrogens (tertiary/aromatic N) is 2. The highest BCUT2D eigenvalue weighted by atomic mass is 16.4. The zero-order chi connectivity index (χ0) is 8.72. The fourth-order valence-electron chi connectivity index (χ4n) is 1.16. The number of hydrogen-bond acceptors (Lipinski definition) is 4. The zero-order valence-electron chi connectivity index (χ0n) is 6.50. The number of aryl methyl sites for hydroxylation is 1. The quantitative estimate of drug-likeness (QED) is 0.575. The summed E-state index contributed by atoms with van der Waals surface area (Å²) in [5, 5.41) is 0. The van der Waals surface area contributed by atoms with Gasteiger partial charge in [0.2, 0.25) is 0 Å². The number of aliphatic imine (C=N–C) groups is 1. The molecule has 0 aromatic carbocycles. The number of amides is 1. The van der Waals surface area contributed by atoms with E-state index in [1.807, 2.05) is 0 Å². The lowest BCUT2D eigenvalue weighted by Gasteiger charge is -2.03. The number of hydrogen-bond donors (Lipinski definition) is 1. The van der Waals surface area contributed by atoms with Gasteiger partial charge in [0.1, 0.15) is 0 Å². The Morgan fingerprint density at radius 1 is 1.58 bits per heavy atom. The Morgan fingerprint density at radius 3 is 3.08 bits per heavy atom. The maximum Gasteiger partial charge on any atom is 0.253 e. The van der Waals surface area contributed by atoms with Gasteiger partial charge in [-0.05, 0) is 0 Å². The number of oxazole rings is 1. The highest BCUT2D eigenvalue weighted by Crippen LogP contribution is 2.15. The predicted molar refractivity (Wildman–Crippen MR) is 40.7 cm³/mol. The minimum Gasteiger partial charge on any atom is -0.437 e. The molecule has 2 heterocycles. The third-order valence-electron chi connectivity index (χ3n) is 1.60. The Balaban J connectivity index is 2.58. The van der Waals surface area contributed by atoms with Crippen molar-refractivity contribution in [2.75, 3.05) is 0 Å². The fraction of sp³-hybridized carbons (Fsp3) is 0.286. The van der Waals surface area contributed by atoms with Crippen molar-refractivity contribution in [1.82, 2.24) is 4.98 Å². The maximum atomic E-state index is 10.9. The molecule has 12 heavy (non-hydrogen) atoms. The van der Waals surface area contributed by atoms with Crippen molar-refractivity contribution in [3.05, 3.63) is 17.3 Å². The molecule has 5 nitrogen and oxygen atoms in total. The van der Waals surface area contributed by atoms with Crippen LogP contribution in [-0.2, 0) is 11.2 Å². The van der Waals surface area contributed by atoms with Gasteiger partial charge in [-0.15, -0.1) is 0 Å². The standard InChI is InChI=1S/C7H7N3O2/c1-3-9-4-2-5(11)10-7(8)6(4)12-3/h2H2,1H3,(H2,8,10,11). The normalized spacial score (nSPS) is 15.8. The van der Waals surface area contributed by atoms with Gasteiger partial charge in [-0.1, -0.05) is 0 Å². The van der Waals surface area contributed by atoms with Crippen LogP contribution in [0.3, 0.4) is 0 Å². The molecule has 1 aliphatic heterocycles. The summed E-state index contributed by atoms with van der Waals surface area (Å²) in [5.74, 6) is 0.801. The summed E-state index contributed by atoms with van der Waals surface area (Å²) in [7, 11) is 0. The third kappa shape index (κ3) is 0.903. The Bertz CT molecular complexity index is 378. The number of rotatable bonds is 0. The van der Waals surface area contributed by atoms with E-state index in [1.54, 1.807) is 6.92 Å². The van der Waals surface area contributed by atoms with E-state index < -0.39 is 0 Å². The van der Waals surface area contributed by atoms with Crippen molar-refractivity contribution < 1.29 is 9.21 Å². The van der Waals surface area contributed by atoms with Gasteiger partial charge in [0.05, 0.1) is 12.1 Å². The summed E-state index contributed by atoms with van der Waals surface area (Å²) < 4.78 is 5.15. The van der Waals surface area contributed by atoms with E-state index in [0.29, 0.717) is 17.3 Å². The second-order valence-electron chi connectivity index (χ2n) is 2.58. The molecular weight excluding hydrogens is 158 g/mol. The molecule has 0 atom stereocenters. The van der Waals surface area contributed by atoms with Gasteiger partial charge in [-0.2, -0.15) is 4.99 Å². The highest BCUT2D eigenvalue weighted by Gasteiger charge is 2.22. The van der Waals surface area contributed by atoms with E-state index in [4.69, 9.17) is 10.2 Å². The average molecular weight is 165 g/mol. The van der Waals surface area contributed by atoms with E-state index in [-0.39, 0.29) is 18.2 Å². The largest absolute Gasteiger partial charge is 0.437 e. The van der Waals surface area contributed by atoms with Crippen molar-refractivity contribution in [1.29, 1.82) is 0 Å². The molecule has 5 heteroatoms. The van der Waals surface area contributed by atoms with Gasteiger partial charge in [0.25, 0.3) is 5.91 Å². The average Bonchev–Trinajstić information content (AvgIpc) is 2.29. The predicted octanol–water partition coefficient (Wildman–Crippen LogP) is -0.229. The van der Waals surface area contributed by atoms with Gasteiger partial charge >= 0.3 is 0 Å². The Hall–Kier alpha value is -1.65. The number of nitrogens with two attached hydrogens (primary N) is 1. The number of aromatic nitrogens is 1. The van der Waals surface area contributed by atoms with Crippen LogP contribution >= 0.6 is 0 Å². The first kappa shape index (κ1) is 7.02. The summed E-state index contributed by atoms with van der Waals surface area (Å²) >= 11 is 0. The summed E-state index contributed by atoms with van der Waals surface area (Å²) in [5.41, 5.74) is 6.03. The van der Waals surface area contributed by atoms with Crippen LogP contribution in [0.1, 0.15) is 17.3 Å². The Morgan fingerprint density at radius 2 is 2.33 bits per heavy atom. The van der Waals surface area contributed by atoms with Crippen LogP contribution in [0, 0.1) is 6.92 Å². The molecular formula is C7H7N3O2. The van der Waals surface area contributed by atoms with Crippen molar-refractivity contribution in [3.63, 3.8) is 0 Å². The topological polar surface area (TPSA) is 81.5 Å². The SMILES string of the molecule is Cc1nc2c(o1)C(N)=NC(=O)C2. The molecule has 1 aliphatic rings. The molecule has 0 bridgehead atoms. The van der Waals surface area contributed by atoms with Crippen molar-refractivity contribution >= 4 is 11.7 Å². The minimum absolute atomic E-state index is 0.127. The van der Waals surface area contributed by atoms with Gasteiger partial charge in [0.15, 0.2) is 17.5 Å². The van der Waals surface area contributed by atoms with E-state index in [2.05, 4.69) is 9.98 Å². The van der Waals surface area contributed by atoms with E-state index in [9.17, 15) is 4.79 Å². The molecule has 1 aromatic rings. The first-order valence-electron chi connectivity index (χ1n) is 3.50. The van der Waals surface area contributed by atoms with Crippen LogP contribution in [0.25, 0.3) is 0 Å². The maximum absolute atomic E-state index is 10.9. The van der Waals surface area contributed by atoms with Gasteiger partial charge in [-0.3, -0.25) is 4.79 Å². The molecule has 0 fully saturated rings. The van der Waals surface area contributed by atoms with Crippen LogP contribution in [-0.4, -0.2) is 16.7 Å². The Labute approximate surface area is 68.3 Å². The second-order valence-corrected chi connectivity index (χ2v) is 2.58. The van der Waals surface area contributed by atoms with E-state index in [0.717, 1.165) is 0 Å². The molecule has 1 amide bonds. The number of carbonyl (C=O) groups excluding carboxylic acids is 1. The van der Waals surface area contributed by atoms with Gasteiger partial charge in [-0.25, -0.2) is 4.98 Å². The molecule has 2 N–H and O–H groups in total. The number of fused-ring (bicyclic) bond motifs is 1. The molecule has 0 radical (unpaired) electrons. The van der Waals surface area contributed by atoms with Crippen molar-refractivity contribution in [3.8, 4) is 0 Å².